The molecule has 0 heterocycles. The van der Waals surface area contributed by atoms with Gasteiger partial charge in [0.2, 0.25) is 0 Å². The number of anilines is 1. The largest absolute Gasteiger partial charge is 0.399 e. The van der Waals surface area contributed by atoms with Crippen LogP contribution in [0, 0.1) is 0 Å². The van der Waals surface area contributed by atoms with E-state index in [9.17, 15) is 0 Å². The Morgan fingerprint density at radius 1 is 1.41 bits per heavy atom. The molecule has 0 amide bonds. The summed E-state index contributed by atoms with van der Waals surface area (Å²) >= 11 is 6.12. The van der Waals surface area contributed by atoms with Gasteiger partial charge in [-0.05, 0) is 38.6 Å². The number of halogens is 1. The molecule has 1 aromatic rings. The van der Waals surface area contributed by atoms with Gasteiger partial charge < -0.3 is 10.5 Å². The average molecular weight is 257 g/mol. The fourth-order valence-corrected chi connectivity index (χ4v) is 1.75. The third kappa shape index (κ3) is 5.39. The maximum absolute atomic E-state index is 6.12. The van der Waals surface area contributed by atoms with E-state index in [1.54, 1.807) is 6.07 Å². The molecule has 0 aliphatic rings. The van der Waals surface area contributed by atoms with Crippen LogP contribution in [0.2, 0.25) is 5.02 Å². The molecule has 0 spiro atoms. The molecule has 0 aromatic heterocycles. The Kier molecular flexibility index (Phi) is 5.75. The van der Waals surface area contributed by atoms with Gasteiger partial charge in [-0.25, -0.2) is 0 Å². The zero-order valence-corrected chi connectivity index (χ0v) is 11.5. The summed E-state index contributed by atoms with van der Waals surface area (Å²) in [5, 5.41) is 0.724. The number of likely N-dealkylation sites (N-methyl/N-ethyl adjacent to an activating group) is 1. The molecule has 0 fully saturated rings. The van der Waals surface area contributed by atoms with Crippen LogP contribution in [0.1, 0.15) is 19.4 Å². The Morgan fingerprint density at radius 2 is 2.12 bits per heavy atom. The highest BCUT2D eigenvalue weighted by Crippen LogP contribution is 2.20. The van der Waals surface area contributed by atoms with Crippen molar-refractivity contribution in [2.75, 3.05) is 25.9 Å². The van der Waals surface area contributed by atoms with E-state index in [1.165, 1.54) is 0 Å². The minimum absolute atomic E-state index is 0.281. The minimum Gasteiger partial charge on any atom is -0.399 e. The first-order valence-electron chi connectivity index (χ1n) is 5.83. The zero-order valence-electron chi connectivity index (χ0n) is 10.7. The number of benzene rings is 1. The van der Waals surface area contributed by atoms with Crippen LogP contribution in [-0.2, 0) is 11.3 Å². The number of nitrogens with zero attached hydrogens (tertiary/aromatic N) is 1. The molecule has 0 saturated heterocycles. The smallest absolute Gasteiger partial charge is 0.0596 e. The molecule has 0 unspecified atom stereocenters. The zero-order chi connectivity index (χ0) is 12.8. The normalized spacial score (nSPS) is 11.4. The Balaban J connectivity index is 2.42. The summed E-state index contributed by atoms with van der Waals surface area (Å²) in [5.74, 6) is 0. The predicted octanol–water partition coefficient (Wildman–Crippen LogP) is 2.78. The van der Waals surface area contributed by atoms with Gasteiger partial charge in [-0.15, -0.1) is 0 Å². The number of nitrogens with two attached hydrogens (primary N) is 1. The molecule has 1 rings (SSSR count). The lowest BCUT2D eigenvalue weighted by Crippen LogP contribution is -2.24. The van der Waals surface area contributed by atoms with Crippen LogP contribution in [0.15, 0.2) is 18.2 Å². The first-order chi connectivity index (χ1) is 7.99. The molecule has 4 heteroatoms. The van der Waals surface area contributed by atoms with Crippen molar-refractivity contribution in [3.05, 3.63) is 28.8 Å². The van der Waals surface area contributed by atoms with Crippen LogP contribution in [0.4, 0.5) is 5.69 Å². The summed E-state index contributed by atoms with van der Waals surface area (Å²) < 4.78 is 5.50. The number of hydrogen-bond donors (Lipinski definition) is 1. The van der Waals surface area contributed by atoms with Crippen LogP contribution in [0.3, 0.4) is 0 Å². The van der Waals surface area contributed by atoms with Gasteiger partial charge in [-0.1, -0.05) is 17.7 Å². The van der Waals surface area contributed by atoms with Gasteiger partial charge in [0.05, 0.1) is 12.7 Å². The summed E-state index contributed by atoms with van der Waals surface area (Å²) in [5.41, 5.74) is 7.44. The maximum atomic E-state index is 6.12. The van der Waals surface area contributed by atoms with Crippen molar-refractivity contribution in [3.63, 3.8) is 0 Å². The molecule has 1 aromatic carbocycles. The molecular weight excluding hydrogens is 236 g/mol. The third-order valence-corrected chi connectivity index (χ3v) is 2.79. The minimum atomic E-state index is 0.281. The molecule has 17 heavy (non-hydrogen) atoms. The second kappa shape index (κ2) is 6.84. The Labute approximate surface area is 109 Å². The highest BCUT2D eigenvalue weighted by atomic mass is 35.5. The van der Waals surface area contributed by atoms with E-state index in [4.69, 9.17) is 22.1 Å². The Hall–Kier alpha value is -0.770. The van der Waals surface area contributed by atoms with Crippen LogP contribution < -0.4 is 5.73 Å². The van der Waals surface area contributed by atoms with E-state index in [2.05, 4.69) is 11.9 Å². The number of nitrogen functional groups attached to an aromatic ring is 1. The first kappa shape index (κ1) is 14.3. The SMILES string of the molecule is CC(C)OCCN(C)Cc1ccc(N)cc1Cl. The molecule has 96 valence electrons. The van der Waals surface area contributed by atoms with Gasteiger partial charge in [-0.3, -0.25) is 4.90 Å². The van der Waals surface area contributed by atoms with Crippen molar-refractivity contribution in [1.82, 2.24) is 4.90 Å². The van der Waals surface area contributed by atoms with E-state index in [0.29, 0.717) is 5.69 Å². The van der Waals surface area contributed by atoms with Crippen molar-refractivity contribution in [2.24, 2.45) is 0 Å². The van der Waals surface area contributed by atoms with Crippen LogP contribution in [0.25, 0.3) is 0 Å². The van der Waals surface area contributed by atoms with E-state index in [-0.39, 0.29) is 6.10 Å². The number of ether oxygens (including phenoxy) is 1. The quantitative estimate of drug-likeness (QED) is 0.796. The van der Waals surface area contributed by atoms with Gasteiger partial charge in [0.1, 0.15) is 0 Å². The van der Waals surface area contributed by atoms with Crippen molar-refractivity contribution in [1.29, 1.82) is 0 Å². The second-order valence-electron chi connectivity index (χ2n) is 4.51. The van der Waals surface area contributed by atoms with Crippen molar-refractivity contribution < 1.29 is 4.74 Å². The monoisotopic (exact) mass is 256 g/mol. The molecule has 0 aliphatic carbocycles. The van der Waals surface area contributed by atoms with Gasteiger partial charge in [0.25, 0.3) is 0 Å². The average Bonchev–Trinajstić information content (AvgIpc) is 2.21. The van der Waals surface area contributed by atoms with E-state index in [0.717, 1.165) is 30.3 Å². The molecule has 0 bridgehead atoms. The molecule has 0 atom stereocenters. The summed E-state index contributed by atoms with van der Waals surface area (Å²) in [6.07, 6.45) is 0.281. The van der Waals surface area contributed by atoms with Crippen molar-refractivity contribution in [2.45, 2.75) is 26.5 Å². The lowest BCUT2D eigenvalue weighted by molar-refractivity contribution is 0.0627. The molecule has 0 aliphatic heterocycles. The highest BCUT2D eigenvalue weighted by Gasteiger charge is 2.05. The molecular formula is C13H21ClN2O. The summed E-state index contributed by atoms with van der Waals surface area (Å²) in [6.45, 7) is 6.51. The molecule has 0 saturated carbocycles. The van der Waals surface area contributed by atoms with E-state index < -0.39 is 0 Å². The van der Waals surface area contributed by atoms with Gasteiger partial charge in [0, 0.05) is 23.8 Å². The topological polar surface area (TPSA) is 38.5 Å². The number of rotatable bonds is 6. The summed E-state index contributed by atoms with van der Waals surface area (Å²) in [6, 6.07) is 5.63. The van der Waals surface area contributed by atoms with E-state index >= 15 is 0 Å². The lowest BCUT2D eigenvalue weighted by Gasteiger charge is -2.18. The Morgan fingerprint density at radius 3 is 2.71 bits per heavy atom. The van der Waals surface area contributed by atoms with Crippen LogP contribution in [-0.4, -0.2) is 31.2 Å². The second-order valence-corrected chi connectivity index (χ2v) is 4.92. The fraction of sp³-hybridized carbons (Fsp3) is 0.538. The van der Waals surface area contributed by atoms with Crippen molar-refractivity contribution >= 4 is 17.3 Å². The summed E-state index contributed by atoms with van der Waals surface area (Å²) in [4.78, 5) is 2.18. The molecule has 0 radical (unpaired) electrons. The molecule has 3 nitrogen and oxygen atoms in total. The first-order valence-corrected chi connectivity index (χ1v) is 6.21. The lowest BCUT2D eigenvalue weighted by atomic mass is 10.2. The highest BCUT2D eigenvalue weighted by molar-refractivity contribution is 6.31. The third-order valence-electron chi connectivity index (χ3n) is 2.44. The van der Waals surface area contributed by atoms with Crippen molar-refractivity contribution in [3.8, 4) is 0 Å². The van der Waals surface area contributed by atoms with Gasteiger partial charge >= 0.3 is 0 Å². The summed E-state index contributed by atoms with van der Waals surface area (Å²) in [7, 11) is 2.05. The number of hydrogen-bond acceptors (Lipinski definition) is 3. The van der Waals surface area contributed by atoms with Crippen LogP contribution >= 0.6 is 11.6 Å². The fourth-order valence-electron chi connectivity index (χ4n) is 1.51. The molecule has 2 N–H and O–H groups in total. The van der Waals surface area contributed by atoms with E-state index in [1.807, 2.05) is 26.0 Å². The standard InChI is InChI=1S/C13H21ClN2O/c1-10(2)17-7-6-16(3)9-11-4-5-12(15)8-13(11)14/h4-5,8,10H,6-7,9,15H2,1-3H3. The maximum Gasteiger partial charge on any atom is 0.0596 e. The van der Waals surface area contributed by atoms with Gasteiger partial charge in [-0.2, -0.15) is 0 Å². The van der Waals surface area contributed by atoms with Gasteiger partial charge in [0.15, 0.2) is 0 Å². The Bertz CT molecular complexity index is 355. The predicted molar refractivity (Wildman–Crippen MR) is 73.3 cm³/mol. The van der Waals surface area contributed by atoms with Crippen LogP contribution in [0.5, 0.6) is 0 Å².